The number of methoxy groups -OCH3 is 2. The van der Waals surface area contributed by atoms with E-state index >= 15 is 0 Å². The van der Waals surface area contributed by atoms with Gasteiger partial charge in [0.2, 0.25) is 0 Å². The molecule has 0 spiro atoms. The fourth-order valence-electron chi connectivity index (χ4n) is 3.57. The molecule has 1 fully saturated rings. The van der Waals surface area contributed by atoms with E-state index in [1.54, 1.807) is 14.2 Å². The number of hydrogen-bond acceptors (Lipinski definition) is 7. The van der Waals surface area contributed by atoms with Gasteiger partial charge in [0.05, 0.1) is 46.2 Å². The van der Waals surface area contributed by atoms with Crippen LogP contribution in [0.2, 0.25) is 0 Å². The van der Waals surface area contributed by atoms with Crippen molar-refractivity contribution < 1.29 is 33.5 Å². The molecule has 3 unspecified atom stereocenters. The number of epoxide rings is 1. The molecule has 1 aliphatic heterocycles. The maximum atomic E-state index is 10.9. The van der Waals surface area contributed by atoms with Crippen LogP contribution >= 0.6 is 0 Å². The molecule has 0 bridgehead atoms. The molecule has 0 aliphatic carbocycles. The summed E-state index contributed by atoms with van der Waals surface area (Å²) in [5.41, 5.74) is 0. The van der Waals surface area contributed by atoms with E-state index in [4.69, 9.17) is 28.4 Å². The summed E-state index contributed by atoms with van der Waals surface area (Å²) in [4.78, 5) is 0. The van der Waals surface area contributed by atoms with Gasteiger partial charge in [0.25, 0.3) is 0 Å². The smallest absolute Gasteiger partial charge is 0.135 e. The molecule has 0 saturated carbocycles. The van der Waals surface area contributed by atoms with Gasteiger partial charge in [0, 0.05) is 21.5 Å². The van der Waals surface area contributed by atoms with Gasteiger partial charge in [-0.3, -0.25) is 0 Å². The Hall–Kier alpha value is -2.74. The number of hydrogen-bond donors (Lipinski definition) is 1. The highest BCUT2D eigenvalue weighted by Crippen LogP contribution is 2.44. The van der Waals surface area contributed by atoms with Crippen LogP contribution in [0, 0.1) is 0 Å². The van der Waals surface area contributed by atoms with Crippen LogP contribution in [-0.2, 0) is 14.2 Å². The van der Waals surface area contributed by atoms with E-state index in [0.717, 1.165) is 17.4 Å². The molecule has 4 rings (SSSR count). The summed E-state index contributed by atoms with van der Waals surface area (Å²) in [6.07, 6.45) is 0.0690. The first-order chi connectivity index (χ1) is 15.5. The minimum Gasteiger partial charge on any atom is -0.507 e. The fourth-order valence-corrected chi connectivity index (χ4v) is 3.57. The number of aromatic hydroxyl groups is 1. The quantitative estimate of drug-likeness (QED) is 0.350. The van der Waals surface area contributed by atoms with Gasteiger partial charge < -0.3 is 33.5 Å². The summed E-state index contributed by atoms with van der Waals surface area (Å²) >= 11 is 0. The summed E-state index contributed by atoms with van der Waals surface area (Å²) in [6, 6.07) is 11.1. The average Bonchev–Trinajstić information content (AvgIpc) is 3.65. The van der Waals surface area contributed by atoms with Crippen molar-refractivity contribution in [3.8, 4) is 23.0 Å². The summed E-state index contributed by atoms with van der Waals surface area (Å²) in [5.74, 6) is 2.19. The Kier molecular flexibility index (Phi) is 6.89. The second-order valence-electron chi connectivity index (χ2n) is 8.06. The van der Waals surface area contributed by atoms with Crippen molar-refractivity contribution in [3.63, 3.8) is 0 Å². The van der Waals surface area contributed by atoms with Gasteiger partial charge in [-0.25, -0.2) is 0 Å². The van der Waals surface area contributed by atoms with Crippen LogP contribution in [0.3, 0.4) is 0 Å². The standard InChI is InChI=1S/C25H30O7/c1-15(30-13-19-14-31-19)11-29-16(2)12-32-25-21-8-6-17(27-3)9-22(21)24(26)20-7-5-18(28-4)10-23(20)25/h5-10,15-16,19,26H,11-14H2,1-4H3. The Morgan fingerprint density at radius 1 is 0.875 bits per heavy atom. The Balaban J connectivity index is 1.55. The molecular formula is C25H30O7. The van der Waals surface area contributed by atoms with Gasteiger partial charge in [-0.1, -0.05) is 0 Å². The maximum absolute atomic E-state index is 10.9. The third kappa shape index (κ3) is 5.01. The minimum absolute atomic E-state index is 0.0197. The number of fused-ring (bicyclic) bond motifs is 2. The predicted molar refractivity (Wildman–Crippen MR) is 122 cm³/mol. The zero-order valence-corrected chi connectivity index (χ0v) is 18.9. The fraction of sp³-hybridized carbons (Fsp3) is 0.440. The lowest BCUT2D eigenvalue weighted by Gasteiger charge is -2.20. The second-order valence-corrected chi connectivity index (χ2v) is 8.06. The van der Waals surface area contributed by atoms with Crippen molar-refractivity contribution in [2.45, 2.75) is 32.2 Å². The molecule has 0 aromatic heterocycles. The topological polar surface area (TPSA) is 78.9 Å². The summed E-state index contributed by atoms with van der Waals surface area (Å²) in [5, 5.41) is 13.8. The molecule has 0 radical (unpaired) electrons. The highest BCUT2D eigenvalue weighted by molar-refractivity contribution is 6.11. The van der Waals surface area contributed by atoms with Crippen LogP contribution < -0.4 is 14.2 Å². The largest absolute Gasteiger partial charge is 0.507 e. The van der Waals surface area contributed by atoms with Crippen molar-refractivity contribution in [2.75, 3.05) is 40.6 Å². The maximum Gasteiger partial charge on any atom is 0.135 e. The molecular weight excluding hydrogens is 412 g/mol. The molecule has 7 heteroatoms. The Bertz CT molecular complexity index is 1080. The molecule has 1 N–H and O–H groups in total. The van der Waals surface area contributed by atoms with Crippen LogP contribution in [0.1, 0.15) is 13.8 Å². The van der Waals surface area contributed by atoms with Crippen molar-refractivity contribution >= 4 is 21.5 Å². The Morgan fingerprint density at radius 3 is 2.16 bits per heavy atom. The van der Waals surface area contributed by atoms with E-state index in [0.29, 0.717) is 47.8 Å². The van der Waals surface area contributed by atoms with Crippen molar-refractivity contribution in [3.05, 3.63) is 36.4 Å². The van der Waals surface area contributed by atoms with Gasteiger partial charge in [0.15, 0.2) is 0 Å². The third-order valence-corrected chi connectivity index (χ3v) is 5.50. The molecule has 172 valence electrons. The third-order valence-electron chi connectivity index (χ3n) is 5.50. The van der Waals surface area contributed by atoms with Crippen LogP contribution in [0.25, 0.3) is 21.5 Å². The number of benzene rings is 3. The number of phenolic OH excluding ortho intramolecular Hbond substituents is 1. The molecule has 1 aliphatic rings. The van der Waals surface area contributed by atoms with Gasteiger partial charge in [0.1, 0.15) is 35.7 Å². The van der Waals surface area contributed by atoms with E-state index < -0.39 is 0 Å². The molecule has 3 aromatic rings. The highest BCUT2D eigenvalue weighted by atomic mass is 16.6. The van der Waals surface area contributed by atoms with E-state index in [1.165, 1.54) is 0 Å². The van der Waals surface area contributed by atoms with Gasteiger partial charge in [-0.15, -0.1) is 0 Å². The summed E-state index contributed by atoms with van der Waals surface area (Å²) in [6.45, 7) is 6.15. The highest BCUT2D eigenvalue weighted by Gasteiger charge is 2.23. The van der Waals surface area contributed by atoms with Crippen LogP contribution in [0.15, 0.2) is 36.4 Å². The van der Waals surface area contributed by atoms with Gasteiger partial charge in [-0.05, 0) is 50.2 Å². The zero-order valence-electron chi connectivity index (χ0n) is 18.9. The average molecular weight is 443 g/mol. The van der Waals surface area contributed by atoms with E-state index in [9.17, 15) is 5.11 Å². The van der Waals surface area contributed by atoms with Gasteiger partial charge in [-0.2, -0.15) is 0 Å². The second kappa shape index (κ2) is 9.81. The van der Waals surface area contributed by atoms with Crippen molar-refractivity contribution in [1.82, 2.24) is 0 Å². The van der Waals surface area contributed by atoms with E-state index in [2.05, 4.69) is 0 Å². The normalized spacial score (nSPS) is 17.3. The molecule has 7 nitrogen and oxygen atoms in total. The van der Waals surface area contributed by atoms with Crippen LogP contribution in [-0.4, -0.2) is 64.1 Å². The van der Waals surface area contributed by atoms with E-state index in [-0.39, 0.29) is 24.1 Å². The lowest BCUT2D eigenvalue weighted by molar-refractivity contribution is -0.0449. The van der Waals surface area contributed by atoms with Gasteiger partial charge >= 0.3 is 0 Å². The van der Waals surface area contributed by atoms with Crippen molar-refractivity contribution in [2.24, 2.45) is 0 Å². The SMILES string of the molecule is COc1ccc2c(OCC(C)OCC(C)OCC3CO3)c3cc(OC)ccc3c(O)c2c1. The van der Waals surface area contributed by atoms with Crippen LogP contribution in [0.4, 0.5) is 0 Å². The number of ether oxygens (including phenoxy) is 6. The molecule has 1 heterocycles. The van der Waals surface area contributed by atoms with E-state index in [1.807, 2.05) is 50.2 Å². The molecule has 3 aromatic carbocycles. The molecule has 1 saturated heterocycles. The summed E-state index contributed by atoms with van der Waals surface area (Å²) in [7, 11) is 3.21. The Morgan fingerprint density at radius 2 is 1.50 bits per heavy atom. The van der Waals surface area contributed by atoms with Crippen LogP contribution in [0.5, 0.6) is 23.0 Å². The lowest BCUT2D eigenvalue weighted by Crippen LogP contribution is -2.25. The predicted octanol–water partition coefficient (Wildman–Crippen LogP) is 4.30. The summed E-state index contributed by atoms with van der Waals surface area (Å²) < 4.78 is 33.8. The minimum atomic E-state index is -0.152. The first kappa shape index (κ1) is 22.5. The number of rotatable bonds is 11. The lowest BCUT2D eigenvalue weighted by atomic mass is 10.00. The monoisotopic (exact) mass is 442 g/mol. The Labute approximate surface area is 187 Å². The first-order valence-corrected chi connectivity index (χ1v) is 10.8. The zero-order chi connectivity index (χ0) is 22.7. The molecule has 3 atom stereocenters. The van der Waals surface area contributed by atoms with Crippen molar-refractivity contribution in [1.29, 1.82) is 0 Å². The molecule has 0 amide bonds. The molecule has 32 heavy (non-hydrogen) atoms. The number of phenols is 1. The first-order valence-electron chi connectivity index (χ1n) is 10.8.